The Morgan fingerprint density at radius 3 is 2.58 bits per heavy atom. The van der Waals surface area contributed by atoms with Crippen LogP contribution in [0.15, 0.2) is 58.7 Å². The van der Waals surface area contributed by atoms with Crippen molar-refractivity contribution in [2.24, 2.45) is 0 Å². The standard InChI is InChI=1S/C24H22F3N3OS2/c1-14-10-28-21(15(2)23(14)32-12-16-3-5-17(25)6-4-16)13-33-24-29-19-8-7-18(9-20(19)30-24)31-11-22(26)27/h3-10,22H,11-13H2,1-2H3,(H,29,30). The molecule has 4 rings (SSSR count). The molecule has 0 fully saturated rings. The number of hydrogen-bond donors (Lipinski definition) is 1. The highest BCUT2D eigenvalue weighted by Crippen LogP contribution is 2.33. The van der Waals surface area contributed by atoms with Crippen LogP contribution in [-0.4, -0.2) is 28.0 Å². The van der Waals surface area contributed by atoms with Gasteiger partial charge in [-0.15, -0.1) is 11.8 Å². The van der Waals surface area contributed by atoms with Crippen LogP contribution in [0.25, 0.3) is 11.0 Å². The SMILES string of the molecule is Cc1cnc(CSc2nc3ccc(OCC(F)F)cc3[nH]2)c(C)c1SCc1ccc(F)cc1. The van der Waals surface area contributed by atoms with Crippen LogP contribution in [0.3, 0.4) is 0 Å². The number of aryl methyl sites for hydroxylation is 1. The van der Waals surface area contributed by atoms with Gasteiger partial charge in [-0.2, -0.15) is 0 Å². The van der Waals surface area contributed by atoms with Crippen molar-refractivity contribution >= 4 is 34.6 Å². The third-order valence-electron chi connectivity index (χ3n) is 5.00. The fourth-order valence-corrected chi connectivity index (χ4v) is 5.31. The fraction of sp³-hybridized carbons (Fsp3) is 0.250. The van der Waals surface area contributed by atoms with E-state index >= 15 is 0 Å². The molecule has 1 N–H and O–H groups in total. The lowest BCUT2D eigenvalue weighted by molar-refractivity contribution is 0.0819. The van der Waals surface area contributed by atoms with Crippen molar-refractivity contribution in [1.29, 1.82) is 0 Å². The highest BCUT2D eigenvalue weighted by Gasteiger charge is 2.13. The van der Waals surface area contributed by atoms with Crippen LogP contribution < -0.4 is 4.74 Å². The first-order valence-corrected chi connectivity index (χ1v) is 12.2. The van der Waals surface area contributed by atoms with Crippen LogP contribution in [-0.2, 0) is 11.5 Å². The first kappa shape index (κ1) is 23.5. The summed E-state index contributed by atoms with van der Waals surface area (Å²) >= 11 is 3.25. The summed E-state index contributed by atoms with van der Waals surface area (Å²) in [5.74, 6) is 1.52. The second kappa shape index (κ2) is 10.5. The predicted molar refractivity (Wildman–Crippen MR) is 127 cm³/mol. The topological polar surface area (TPSA) is 50.8 Å². The van der Waals surface area contributed by atoms with Crippen molar-refractivity contribution in [3.63, 3.8) is 0 Å². The van der Waals surface area contributed by atoms with Gasteiger partial charge in [0, 0.05) is 28.7 Å². The molecule has 0 unspecified atom stereocenters. The number of imidazole rings is 1. The maximum Gasteiger partial charge on any atom is 0.272 e. The molecule has 2 aromatic heterocycles. The minimum absolute atomic E-state index is 0.234. The highest BCUT2D eigenvalue weighted by atomic mass is 32.2. The van der Waals surface area contributed by atoms with E-state index in [1.165, 1.54) is 28.8 Å². The zero-order chi connectivity index (χ0) is 23.4. The third kappa shape index (κ3) is 6.03. The molecule has 2 heterocycles. The van der Waals surface area contributed by atoms with Crippen molar-refractivity contribution < 1.29 is 17.9 Å². The van der Waals surface area contributed by atoms with Gasteiger partial charge in [0.2, 0.25) is 0 Å². The van der Waals surface area contributed by atoms with Gasteiger partial charge in [-0.25, -0.2) is 18.2 Å². The Hall–Kier alpha value is -2.65. The van der Waals surface area contributed by atoms with Crippen LogP contribution in [0.2, 0.25) is 0 Å². The minimum Gasteiger partial charge on any atom is -0.488 e. The molecule has 4 aromatic rings. The number of H-pyrrole nitrogens is 1. The summed E-state index contributed by atoms with van der Waals surface area (Å²) in [4.78, 5) is 13.6. The zero-order valence-electron chi connectivity index (χ0n) is 18.1. The summed E-state index contributed by atoms with van der Waals surface area (Å²) in [6, 6.07) is 11.6. The molecule has 0 radical (unpaired) electrons. The highest BCUT2D eigenvalue weighted by molar-refractivity contribution is 7.98. The van der Waals surface area contributed by atoms with E-state index in [9.17, 15) is 13.2 Å². The van der Waals surface area contributed by atoms with Crippen molar-refractivity contribution in [2.45, 2.75) is 41.8 Å². The Morgan fingerprint density at radius 1 is 1.03 bits per heavy atom. The number of pyridine rings is 1. The van der Waals surface area contributed by atoms with E-state index in [2.05, 4.69) is 21.9 Å². The monoisotopic (exact) mass is 489 g/mol. The summed E-state index contributed by atoms with van der Waals surface area (Å²) in [5, 5.41) is 0.721. The molecule has 0 saturated carbocycles. The summed E-state index contributed by atoms with van der Waals surface area (Å²) in [7, 11) is 0. The van der Waals surface area contributed by atoms with E-state index < -0.39 is 13.0 Å². The number of rotatable bonds is 9. The number of ether oxygens (including phenoxy) is 1. The molecule has 0 aliphatic heterocycles. The third-order valence-corrected chi connectivity index (χ3v) is 7.27. The molecular weight excluding hydrogens is 467 g/mol. The Kier molecular flexibility index (Phi) is 7.49. The van der Waals surface area contributed by atoms with Gasteiger partial charge in [0.15, 0.2) is 5.16 Å². The van der Waals surface area contributed by atoms with Crippen LogP contribution in [0.5, 0.6) is 5.75 Å². The van der Waals surface area contributed by atoms with Gasteiger partial charge in [-0.1, -0.05) is 23.9 Å². The number of halogens is 3. The van der Waals surface area contributed by atoms with Crippen molar-refractivity contribution in [2.75, 3.05) is 6.61 Å². The van der Waals surface area contributed by atoms with Crippen LogP contribution in [0.1, 0.15) is 22.4 Å². The number of fused-ring (bicyclic) bond motifs is 1. The Bertz CT molecular complexity index is 1250. The number of aromatic nitrogens is 3. The number of benzene rings is 2. The van der Waals surface area contributed by atoms with E-state index in [-0.39, 0.29) is 5.82 Å². The van der Waals surface area contributed by atoms with Crippen LogP contribution in [0, 0.1) is 19.7 Å². The number of hydrogen-bond acceptors (Lipinski definition) is 5. The first-order valence-electron chi connectivity index (χ1n) is 10.2. The Morgan fingerprint density at radius 2 is 1.82 bits per heavy atom. The Labute approximate surface area is 198 Å². The van der Waals surface area contributed by atoms with E-state index in [1.807, 2.05) is 13.1 Å². The fourth-order valence-electron chi connectivity index (χ4n) is 3.28. The Balaban J connectivity index is 1.44. The van der Waals surface area contributed by atoms with E-state index in [4.69, 9.17) is 4.74 Å². The number of nitrogens with zero attached hydrogens (tertiary/aromatic N) is 2. The largest absolute Gasteiger partial charge is 0.488 e. The number of aromatic amines is 1. The van der Waals surface area contributed by atoms with Gasteiger partial charge in [0.1, 0.15) is 18.2 Å². The molecule has 0 spiro atoms. The number of thioether (sulfide) groups is 2. The number of nitrogens with one attached hydrogen (secondary N) is 1. The average Bonchev–Trinajstić information content (AvgIpc) is 3.20. The van der Waals surface area contributed by atoms with Crippen molar-refractivity contribution in [3.05, 3.63) is 76.9 Å². The summed E-state index contributed by atoms with van der Waals surface area (Å²) < 4.78 is 43.0. The summed E-state index contributed by atoms with van der Waals surface area (Å²) in [6.45, 7) is 3.46. The van der Waals surface area contributed by atoms with E-state index in [0.29, 0.717) is 11.5 Å². The predicted octanol–water partition coefficient (Wildman–Crippen LogP) is 6.94. The summed E-state index contributed by atoms with van der Waals surface area (Å²) in [5.41, 5.74) is 5.72. The molecule has 0 aliphatic rings. The van der Waals surface area contributed by atoms with Crippen LogP contribution >= 0.6 is 23.5 Å². The molecular formula is C24H22F3N3OS2. The smallest absolute Gasteiger partial charge is 0.272 e. The molecule has 172 valence electrons. The average molecular weight is 490 g/mol. The first-order chi connectivity index (χ1) is 15.9. The molecule has 0 amide bonds. The molecule has 0 bridgehead atoms. The van der Waals surface area contributed by atoms with Gasteiger partial charge in [-0.05, 0) is 54.8 Å². The lowest BCUT2D eigenvalue weighted by atomic mass is 10.2. The lowest BCUT2D eigenvalue weighted by Crippen LogP contribution is -2.06. The second-order valence-corrected chi connectivity index (χ2v) is 9.42. The van der Waals surface area contributed by atoms with E-state index in [1.54, 1.807) is 42.1 Å². The number of alkyl halides is 2. The molecule has 4 nitrogen and oxygen atoms in total. The zero-order valence-corrected chi connectivity index (χ0v) is 19.7. The minimum atomic E-state index is -2.52. The summed E-state index contributed by atoms with van der Waals surface area (Å²) in [6.07, 6.45) is -0.640. The van der Waals surface area contributed by atoms with Gasteiger partial charge < -0.3 is 9.72 Å². The van der Waals surface area contributed by atoms with Crippen molar-refractivity contribution in [1.82, 2.24) is 15.0 Å². The van der Waals surface area contributed by atoms with Gasteiger partial charge in [-0.3, -0.25) is 4.98 Å². The van der Waals surface area contributed by atoms with Gasteiger partial charge >= 0.3 is 0 Å². The molecule has 0 atom stereocenters. The quantitative estimate of drug-likeness (QED) is 0.258. The lowest BCUT2D eigenvalue weighted by Gasteiger charge is -2.13. The van der Waals surface area contributed by atoms with Gasteiger partial charge in [0.05, 0.1) is 16.7 Å². The maximum atomic E-state index is 13.1. The maximum absolute atomic E-state index is 13.1. The molecule has 9 heteroatoms. The molecule has 2 aromatic carbocycles. The van der Waals surface area contributed by atoms with Gasteiger partial charge in [0.25, 0.3) is 6.43 Å². The molecule has 33 heavy (non-hydrogen) atoms. The molecule has 0 aliphatic carbocycles. The van der Waals surface area contributed by atoms with Crippen molar-refractivity contribution in [3.8, 4) is 5.75 Å². The van der Waals surface area contributed by atoms with Crippen LogP contribution in [0.4, 0.5) is 13.2 Å². The molecule has 0 saturated heterocycles. The normalized spacial score (nSPS) is 11.5. The second-order valence-electron chi connectivity index (χ2n) is 7.47. The van der Waals surface area contributed by atoms with E-state index in [0.717, 1.165) is 44.3 Å².